The summed E-state index contributed by atoms with van der Waals surface area (Å²) in [5.74, 6) is 0. The summed E-state index contributed by atoms with van der Waals surface area (Å²) in [4.78, 5) is 0. The lowest BCUT2D eigenvalue weighted by atomic mass is 9.50. The van der Waals surface area contributed by atoms with E-state index < -0.39 is 0 Å². The molecule has 0 saturated heterocycles. The predicted octanol–water partition coefficient (Wildman–Crippen LogP) is 1.37. The summed E-state index contributed by atoms with van der Waals surface area (Å²) in [6, 6.07) is 16.6. The van der Waals surface area contributed by atoms with Gasteiger partial charge < -0.3 is 5.64 Å². The van der Waals surface area contributed by atoms with Gasteiger partial charge in [-0.05, 0) is 13.8 Å². The van der Waals surface area contributed by atoms with Gasteiger partial charge in [-0.15, -0.1) is 0 Å². The van der Waals surface area contributed by atoms with E-state index >= 15 is 0 Å². The fraction of sp³-hybridized carbons (Fsp3) is 0.143. The maximum atomic E-state index is 6.32. The van der Waals surface area contributed by atoms with Crippen LogP contribution in [-0.4, -0.2) is 6.85 Å². The van der Waals surface area contributed by atoms with Crippen LogP contribution in [0.3, 0.4) is 0 Å². The molecule has 0 aliphatic rings. The molecule has 0 saturated carbocycles. The van der Waals surface area contributed by atoms with Crippen molar-refractivity contribution in [1.29, 1.82) is 0 Å². The van der Waals surface area contributed by atoms with Crippen molar-refractivity contribution >= 4 is 17.8 Å². The zero-order valence-electron chi connectivity index (χ0n) is 9.77. The van der Waals surface area contributed by atoms with E-state index in [1.807, 2.05) is 24.3 Å². The largest absolute Gasteiger partial charge is 0.362 e. The molecular weight excluding hydrogens is 193 g/mol. The first-order valence-corrected chi connectivity index (χ1v) is 5.57. The molecule has 0 aliphatic heterocycles. The summed E-state index contributed by atoms with van der Waals surface area (Å²) in [5, 5.41) is 0. The second-order valence-corrected chi connectivity index (χ2v) is 4.19. The Morgan fingerprint density at radius 1 is 0.750 bits per heavy atom. The van der Waals surface area contributed by atoms with Crippen LogP contribution in [-0.2, 0) is 0 Å². The van der Waals surface area contributed by atoms with Crippen LogP contribution in [0.1, 0.15) is 11.1 Å². The van der Waals surface area contributed by atoms with Gasteiger partial charge in [-0.3, -0.25) is 0 Å². The SMILES string of the molecule is Cc1ccccc1B(N)c1ccccc1C. The highest BCUT2D eigenvalue weighted by Crippen LogP contribution is 1.98. The van der Waals surface area contributed by atoms with Crippen LogP contribution in [0, 0.1) is 13.8 Å². The van der Waals surface area contributed by atoms with Crippen LogP contribution in [0.25, 0.3) is 0 Å². The molecule has 1 nitrogen and oxygen atoms in total. The number of hydrogen-bond acceptors (Lipinski definition) is 1. The van der Waals surface area contributed by atoms with Crippen molar-refractivity contribution in [3.63, 3.8) is 0 Å². The molecule has 0 heterocycles. The third kappa shape index (κ3) is 2.02. The van der Waals surface area contributed by atoms with E-state index in [1.165, 1.54) is 22.1 Å². The molecular formula is C14H16BN. The highest BCUT2D eigenvalue weighted by molar-refractivity contribution is 6.83. The van der Waals surface area contributed by atoms with Crippen LogP contribution >= 0.6 is 0 Å². The van der Waals surface area contributed by atoms with Crippen molar-refractivity contribution in [2.75, 3.05) is 0 Å². The molecule has 0 aromatic heterocycles. The minimum atomic E-state index is -0.0256. The van der Waals surface area contributed by atoms with Crippen LogP contribution in [0.15, 0.2) is 48.5 Å². The molecule has 16 heavy (non-hydrogen) atoms. The van der Waals surface area contributed by atoms with E-state index in [0.717, 1.165) is 0 Å². The summed E-state index contributed by atoms with van der Waals surface area (Å²) in [5.41, 5.74) is 11.2. The Hall–Kier alpha value is -1.54. The standard InChI is InChI=1S/C14H16BN/c1-11-7-3-5-9-13(11)15(16)14-10-6-4-8-12(14)2/h3-10H,16H2,1-2H3. The van der Waals surface area contributed by atoms with E-state index in [2.05, 4.69) is 38.1 Å². The van der Waals surface area contributed by atoms with Crippen molar-refractivity contribution in [1.82, 2.24) is 0 Å². The predicted molar refractivity (Wildman–Crippen MR) is 71.6 cm³/mol. The van der Waals surface area contributed by atoms with Gasteiger partial charge in [-0.2, -0.15) is 0 Å². The third-order valence-electron chi connectivity index (χ3n) is 3.05. The van der Waals surface area contributed by atoms with Crippen molar-refractivity contribution < 1.29 is 0 Å². The highest BCUT2D eigenvalue weighted by Gasteiger charge is 2.17. The molecule has 0 radical (unpaired) electrons. The van der Waals surface area contributed by atoms with Crippen LogP contribution in [0.5, 0.6) is 0 Å². The lowest BCUT2D eigenvalue weighted by molar-refractivity contribution is 1.48. The molecule has 2 N–H and O–H groups in total. The Balaban J connectivity index is 2.44. The maximum absolute atomic E-state index is 6.32. The van der Waals surface area contributed by atoms with E-state index in [-0.39, 0.29) is 6.85 Å². The molecule has 80 valence electrons. The average molecular weight is 209 g/mol. The third-order valence-corrected chi connectivity index (χ3v) is 3.05. The molecule has 0 amide bonds. The quantitative estimate of drug-likeness (QED) is 0.742. The topological polar surface area (TPSA) is 26.0 Å². The van der Waals surface area contributed by atoms with Gasteiger partial charge in [0.15, 0.2) is 0 Å². The summed E-state index contributed by atoms with van der Waals surface area (Å²) >= 11 is 0. The Bertz CT molecular complexity index is 448. The van der Waals surface area contributed by atoms with Gasteiger partial charge in [0.25, 0.3) is 6.85 Å². The van der Waals surface area contributed by atoms with Crippen molar-refractivity contribution in [3.8, 4) is 0 Å². The number of nitrogens with two attached hydrogens (primary N) is 1. The molecule has 0 spiro atoms. The van der Waals surface area contributed by atoms with Crippen molar-refractivity contribution in [3.05, 3.63) is 59.7 Å². The minimum Gasteiger partial charge on any atom is -0.362 e. The van der Waals surface area contributed by atoms with Gasteiger partial charge in [0.05, 0.1) is 0 Å². The Kier molecular flexibility index (Phi) is 3.11. The maximum Gasteiger partial charge on any atom is 0.287 e. The zero-order chi connectivity index (χ0) is 11.5. The molecule has 2 rings (SSSR count). The first-order chi connectivity index (χ1) is 7.70. The number of rotatable bonds is 2. The fourth-order valence-electron chi connectivity index (χ4n) is 2.04. The molecule has 0 aliphatic carbocycles. The van der Waals surface area contributed by atoms with Gasteiger partial charge in [0, 0.05) is 0 Å². The fourth-order valence-corrected chi connectivity index (χ4v) is 2.04. The van der Waals surface area contributed by atoms with Gasteiger partial charge in [-0.25, -0.2) is 0 Å². The Morgan fingerprint density at radius 2 is 1.12 bits per heavy atom. The zero-order valence-corrected chi connectivity index (χ0v) is 9.77. The molecule has 0 fully saturated rings. The average Bonchev–Trinajstić information content (AvgIpc) is 2.29. The van der Waals surface area contributed by atoms with E-state index in [9.17, 15) is 0 Å². The smallest absolute Gasteiger partial charge is 0.287 e. The lowest BCUT2D eigenvalue weighted by Crippen LogP contribution is -2.52. The molecule has 2 aromatic carbocycles. The summed E-state index contributed by atoms with van der Waals surface area (Å²) < 4.78 is 0. The van der Waals surface area contributed by atoms with Crippen LogP contribution in [0.2, 0.25) is 0 Å². The van der Waals surface area contributed by atoms with E-state index in [0.29, 0.717) is 0 Å². The Morgan fingerprint density at radius 3 is 1.50 bits per heavy atom. The molecule has 0 atom stereocenters. The molecule has 0 unspecified atom stereocenters. The summed E-state index contributed by atoms with van der Waals surface area (Å²) in [6.07, 6.45) is 0. The summed E-state index contributed by atoms with van der Waals surface area (Å²) in [6.45, 7) is 4.18. The van der Waals surface area contributed by atoms with E-state index in [4.69, 9.17) is 5.64 Å². The van der Waals surface area contributed by atoms with E-state index in [1.54, 1.807) is 0 Å². The highest BCUT2D eigenvalue weighted by atomic mass is 14.4. The molecule has 2 heteroatoms. The first kappa shape index (κ1) is 11.0. The normalized spacial score (nSPS) is 10.2. The van der Waals surface area contributed by atoms with Crippen LogP contribution < -0.4 is 16.6 Å². The molecule has 2 aromatic rings. The number of hydrogen-bond donors (Lipinski definition) is 1. The van der Waals surface area contributed by atoms with Gasteiger partial charge in [0.2, 0.25) is 0 Å². The Labute approximate surface area is 97.4 Å². The van der Waals surface area contributed by atoms with Crippen molar-refractivity contribution in [2.24, 2.45) is 5.64 Å². The minimum absolute atomic E-state index is 0.0256. The van der Waals surface area contributed by atoms with Gasteiger partial charge in [-0.1, -0.05) is 70.6 Å². The summed E-state index contributed by atoms with van der Waals surface area (Å²) in [7, 11) is 0. The second kappa shape index (κ2) is 4.54. The van der Waals surface area contributed by atoms with Crippen LogP contribution in [0.4, 0.5) is 0 Å². The van der Waals surface area contributed by atoms with Gasteiger partial charge >= 0.3 is 0 Å². The molecule has 0 bridgehead atoms. The van der Waals surface area contributed by atoms with Crippen molar-refractivity contribution in [2.45, 2.75) is 13.8 Å². The first-order valence-electron chi connectivity index (χ1n) is 5.57. The number of benzene rings is 2. The monoisotopic (exact) mass is 209 g/mol. The lowest BCUT2D eigenvalue weighted by Gasteiger charge is -2.13. The number of aryl methyl sites for hydroxylation is 2. The second-order valence-electron chi connectivity index (χ2n) is 4.19. The van der Waals surface area contributed by atoms with Gasteiger partial charge in [0.1, 0.15) is 0 Å².